The summed E-state index contributed by atoms with van der Waals surface area (Å²) < 4.78 is 153. The van der Waals surface area contributed by atoms with Crippen molar-refractivity contribution in [3.63, 3.8) is 0 Å². The van der Waals surface area contributed by atoms with Gasteiger partial charge in [-0.3, -0.25) is 14.8 Å². The van der Waals surface area contributed by atoms with Crippen molar-refractivity contribution in [2.45, 2.75) is 56.6 Å². The van der Waals surface area contributed by atoms with E-state index in [1.807, 2.05) is 36.4 Å². The fourth-order valence-electron chi connectivity index (χ4n) is 5.31. The van der Waals surface area contributed by atoms with Crippen molar-refractivity contribution in [2.24, 2.45) is 11.8 Å². The van der Waals surface area contributed by atoms with Crippen LogP contribution in [0.4, 0.5) is 50.0 Å². The maximum Gasteiger partial charge on any atom is 0.416 e. The zero-order valence-corrected chi connectivity index (χ0v) is 24.9. The third-order valence-corrected chi connectivity index (χ3v) is 9.10. The second-order valence-corrected chi connectivity index (χ2v) is 12.4. The van der Waals surface area contributed by atoms with Crippen LogP contribution in [-0.2, 0) is 29.0 Å². The van der Waals surface area contributed by atoms with Gasteiger partial charge in [-0.05, 0) is 59.7 Å². The van der Waals surface area contributed by atoms with Crippen LogP contribution in [0, 0.1) is 11.8 Å². The first-order chi connectivity index (χ1) is 21.0. The van der Waals surface area contributed by atoms with E-state index in [-0.39, 0.29) is 18.6 Å². The Morgan fingerprint density at radius 3 is 2.02 bits per heavy atom. The standard InChI is InChI=1S/C19H20F9NO3S.C10H9NO2/c1-3-12-7-16(33(30,31)32,8-15(10(12)2)19(26,27)28)29-9-11-4-13(17(20,21)22)6-14(5-11)18(23,24)25;12-10(13)11-7-3-5-8-4-1-2-6-9(8)11/h4-6,8,10,12,29H,3,7,9H2,1-2H3,(H,30,31,32);1-6H,7H2,(H,12,13)/t10?,12-,16+;/m1./s1. The van der Waals surface area contributed by atoms with E-state index in [4.69, 9.17) is 5.11 Å². The fraction of sp³-hybridized carbons (Fsp3) is 0.414. The van der Waals surface area contributed by atoms with E-state index in [1.165, 1.54) is 18.7 Å². The summed E-state index contributed by atoms with van der Waals surface area (Å²) in [5.74, 6) is -2.06. The van der Waals surface area contributed by atoms with Gasteiger partial charge < -0.3 is 5.11 Å². The number of alkyl halides is 9. The van der Waals surface area contributed by atoms with Gasteiger partial charge in [-0.2, -0.15) is 47.9 Å². The van der Waals surface area contributed by atoms with Gasteiger partial charge in [-0.15, -0.1) is 0 Å². The average Bonchev–Trinajstić information content (AvgIpc) is 2.94. The lowest BCUT2D eigenvalue weighted by Gasteiger charge is -2.41. The first-order valence-corrected chi connectivity index (χ1v) is 15.0. The predicted molar refractivity (Wildman–Crippen MR) is 150 cm³/mol. The molecule has 1 aliphatic carbocycles. The summed E-state index contributed by atoms with van der Waals surface area (Å²) in [6.45, 7) is 2.13. The molecule has 46 heavy (non-hydrogen) atoms. The van der Waals surface area contributed by atoms with Crippen LogP contribution < -0.4 is 10.2 Å². The average molecular weight is 689 g/mol. The number of halogens is 9. The molecule has 0 fully saturated rings. The topological polar surface area (TPSA) is 107 Å². The van der Waals surface area contributed by atoms with Crippen LogP contribution in [0.2, 0.25) is 0 Å². The molecular weight excluding hydrogens is 659 g/mol. The Kier molecular flexibility index (Phi) is 10.6. The number of nitrogens with one attached hydrogen (secondary N) is 1. The zero-order chi connectivity index (χ0) is 34.9. The maximum absolute atomic E-state index is 13.5. The normalized spacial score (nSPS) is 22.0. The van der Waals surface area contributed by atoms with E-state index < -0.39 is 86.7 Å². The molecule has 1 unspecified atom stereocenters. The molecule has 2 aliphatic rings. The lowest BCUT2D eigenvalue weighted by Crippen LogP contribution is -2.54. The van der Waals surface area contributed by atoms with Crippen LogP contribution in [0.1, 0.15) is 48.9 Å². The number of hydrogen-bond donors (Lipinski definition) is 3. The van der Waals surface area contributed by atoms with Crippen molar-refractivity contribution >= 4 is 28.0 Å². The minimum absolute atomic E-state index is 0.0648. The fourth-order valence-corrected chi connectivity index (χ4v) is 6.26. The smallest absolute Gasteiger partial charge is 0.416 e. The Labute approximate surface area is 258 Å². The largest absolute Gasteiger partial charge is 0.465 e. The van der Waals surface area contributed by atoms with Crippen LogP contribution in [-0.4, -0.2) is 41.8 Å². The van der Waals surface area contributed by atoms with Crippen molar-refractivity contribution < 1.29 is 62.4 Å². The minimum atomic E-state index is -5.33. The molecule has 0 saturated carbocycles. The molecule has 0 aromatic heterocycles. The van der Waals surface area contributed by atoms with Crippen molar-refractivity contribution in [1.82, 2.24) is 5.32 Å². The summed E-state index contributed by atoms with van der Waals surface area (Å²) in [7, 11) is -5.33. The number of nitrogens with zero attached hydrogens (tertiary/aromatic N) is 1. The summed E-state index contributed by atoms with van der Waals surface area (Å²) in [6.07, 6.45) is -12.7. The van der Waals surface area contributed by atoms with Gasteiger partial charge in [0.25, 0.3) is 10.1 Å². The van der Waals surface area contributed by atoms with Gasteiger partial charge in [0.15, 0.2) is 4.87 Å². The number of benzene rings is 2. The molecule has 1 heterocycles. The molecular formula is C29H29F9N2O5S. The number of carboxylic acid groups (broad SMARTS) is 1. The predicted octanol–water partition coefficient (Wildman–Crippen LogP) is 8.15. The van der Waals surface area contributed by atoms with E-state index in [0.717, 1.165) is 11.3 Å². The summed E-state index contributed by atoms with van der Waals surface area (Å²) in [5.41, 5.74) is -3.59. The van der Waals surface area contributed by atoms with E-state index >= 15 is 0 Å². The quantitative estimate of drug-likeness (QED) is 0.166. The Balaban J connectivity index is 0.000000365. The summed E-state index contributed by atoms with van der Waals surface area (Å²) in [4.78, 5) is 9.37. The van der Waals surface area contributed by atoms with Crippen molar-refractivity contribution in [3.8, 4) is 0 Å². The van der Waals surface area contributed by atoms with Gasteiger partial charge in [0.05, 0.1) is 16.8 Å². The molecule has 4 rings (SSSR count). The van der Waals surface area contributed by atoms with Crippen LogP contribution in [0.25, 0.3) is 6.08 Å². The van der Waals surface area contributed by atoms with Crippen LogP contribution in [0.5, 0.6) is 0 Å². The van der Waals surface area contributed by atoms with Gasteiger partial charge in [0, 0.05) is 18.7 Å². The summed E-state index contributed by atoms with van der Waals surface area (Å²) >= 11 is 0. The lowest BCUT2D eigenvalue weighted by atomic mass is 9.75. The zero-order valence-electron chi connectivity index (χ0n) is 24.1. The molecule has 2 aromatic carbocycles. The van der Waals surface area contributed by atoms with Gasteiger partial charge >= 0.3 is 24.6 Å². The molecule has 7 nitrogen and oxygen atoms in total. The second-order valence-electron chi connectivity index (χ2n) is 10.7. The third-order valence-electron chi connectivity index (χ3n) is 7.75. The Morgan fingerprint density at radius 2 is 1.54 bits per heavy atom. The lowest BCUT2D eigenvalue weighted by molar-refractivity contribution is -0.143. The number of amides is 1. The Hall–Kier alpha value is -3.57. The van der Waals surface area contributed by atoms with Crippen molar-refractivity contribution in [2.75, 3.05) is 11.4 Å². The Morgan fingerprint density at radius 1 is 0.978 bits per heavy atom. The van der Waals surface area contributed by atoms with Crippen LogP contribution in [0.15, 0.2) is 60.2 Å². The number of para-hydroxylation sites is 1. The molecule has 1 aliphatic heterocycles. The Bertz CT molecular complexity index is 1570. The van der Waals surface area contributed by atoms with E-state index in [9.17, 15) is 57.3 Å². The SMILES string of the molecule is CC[C@@H]1C[C@](NCc2cc(C(F)(F)F)cc(C(F)(F)F)c2)(S(=O)(=O)O)C=C(C(F)(F)F)C1C.O=C(O)N1CC=Cc2ccccc21. The molecule has 0 radical (unpaired) electrons. The number of anilines is 1. The number of carbonyl (C=O) groups is 1. The maximum atomic E-state index is 13.5. The second kappa shape index (κ2) is 13.3. The number of hydrogen-bond acceptors (Lipinski definition) is 4. The molecule has 0 bridgehead atoms. The van der Waals surface area contributed by atoms with Gasteiger partial charge in [-0.25, -0.2) is 4.79 Å². The number of fused-ring (bicyclic) bond motifs is 1. The molecule has 3 atom stereocenters. The highest BCUT2D eigenvalue weighted by molar-refractivity contribution is 7.87. The molecule has 1 amide bonds. The third kappa shape index (κ3) is 8.41. The summed E-state index contributed by atoms with van der Waals surface area (Å²) in [6, 6.07) is 7.95. The van der Waals surface area contributed by atoms with E-state index in [0.29, 0.717) is 18.7 Å². The van der Waals surface area contributed by atoms with Gasteiger partial charge in [-0.1, -0.05) is 50.6 Å². The van der Waals surface area contributed by atoms with Gasteiger partial charge in [0.2, 0.25) is 0 Å². The van der Waals surface area contributed by atoms with Crippen LogP contribution in [0.3, 0.4) is 0 Å². The summed E-state index contributed by atoms with van der Waals surface area (Å²) in [5, 5.41) is 11.0. The van der Waals surface area contributed by atoms with Crippen molar-refractivity contribution in [1.29, 1.82) is 0 Å². The first-order valence-electron chi connectivity index (χ1n) is 13.6. The number of allylic oxidation sites excluding steroid dienone is 1. The molecule has 17 heteroatoms. The van der Waals surface area contributed by atoms with Gasteiger partial charge in [0.1, 0.15) is 0 Å². The van der Waals surface area contributed by atoms with Crippen LogP contribution >= 0.6 is 0 Å². The molecule has 0 saturated heterocycles. The highest BCUT2D eigenvalue weighted by atomic mass is 32.2. The first kappa shape index (κ1) is 36.9. The van der Waals surface area contributed by atoms with E-state index in [2.05, 4.69) is 5.32 Å². The number of rotatable bonds is 5. The monoisotopic (exact) mass is 688 g/mol. The van der Waals surface area contributed by atoms with E-state index in [1.54, 1.807) is 0 Å². The molecule has 3 N–H and O–H groups in total. The molecule has 2 aromatic rings. The van der Waals surface area contributed by atoms with Crippen molar-refractivity contribution in [3.05, 3.63) is 82.4 Å². The minimum Gasteiger partial charge on any atom is -0.465 e. The molecule has 0 spiro atoms. The highest BCUT2D eigenvalue weighted by Gasteiger charge is 2.52. The highest BCUT2D eigenvalue weighted by Crippen LogP contribution is 2.46. The molecule has 254 valence electrons.